The summed E-state index contributed by atoms with van der Waals surface area (Å²) in [5.41, 5.74) is 15.6. The molecule has 2 aromatic heterocycles. The molecule has 0 radical (unpaired) electrons. The van der Waals surface area contributed by atoms with E-state index in [9.17, 15) is 14.7 Å². The second kappa shape index (κ2) is 18.9. The van der Waals surface area contributed by atoms with Crippen LogP contribution in [0.25, 0.3) is 44.1 Å². The van der Waals surface area contributed by atoms with E-state index in [-0.39, 0.29) is 5.97 Å². The van der Waals surface area contributed by atoms with Gasteiger partial charge in [-0.15, -0.1) is 0 Å². The third-order valence-electron chi connectivity index (χ3n) is 12.9. The summed E-state index contributed by atoms with van der Waals surface area (Å²) in [6, 6.07) is 41.4. The molecule has 0 atom stereocenters. The first kappa shape index (κ1) is 43.8. The van der Waals surface area contributed by atoms with Crippen molar-refractivity contribution < 1.29 is 19.4 Å². The molecule has 0 unspecified atom stereocenters. The number of fused-ring (bicyclic) bond motifs is 2. The summed E-state index contributed by atoms with van der Waals surface area (Å²) in [7, 11) is 1.41. The molecule has 6 aromatic carbocycles. The number of ether oxygens (including phenoxy) is 1. The number of rotatable bonds is 10. The highest BCUT2D eigenvalue weighted by Gasteiger charge is 2.17. The number of H-pyrrole nitrogens is 2. The molecule has 0 saturated carbocycles. The number of carboxylic acids is 1. The minimum atomic E-state index is -0.895. The van der Waals surface area contributed by atoms with Crippen LogP contribution >= 0.6 is 23.2 Å². The lowest BCUT2D eigenvalue weighted by Crippen LogP contribution is -2.17. The average molecular weight is 904 g/mol. The standard InChI is InChI=1S/C28H27ClN2O2.C27H25ClN2O2/c1-18-5-6-19(14-24(18)28(32)33-2)13-22-15-21-16-25(26(29)17-27(21)30-22)20-7-9-23(10-8-20)31-11-3-4-12-31;1-17-4-5-18(13-23(17)27(31)32)12-21-14-20-15-24(25(28)16-26(20)29-21)19-6-8-22(9-7-19)30-10-2-3-11-30/h5-10,14-17,30H,3-4,11-13H2,1-2H3;4-9,13-16,29H,2-3,10-12H2,1H3,(H,31,32). The molecule has 8 aromatic rings. The number of carbonyl (C=O) groups is 2. The van der Waals surface area contributed by atoms with Gasteiger partial charge in [0.2, 0.25) is 0 Å². The van der Waals surface area contributed by atoms with Crippen LogP contribution in [0.15, 0.2) is 121 Å². The van der Waals surface area contributed by atoms with Gasteiger partial charge in [0.15, 0.2) is 0 Å². The fourth-order valence-corrected chi connectivity index (χ4v) is 9.82. The van der Waals surface area contributed by atoms with Crippen LogP contribution in [0, 0.1) is 13.8 Å². The van der Waals surface area contributed by atoms with Crippen LogP contribution in [0.4, 0.5) is 11.4 Å². The molecule has 3 N–H and O–H groups in total. The topological polar surface area (TPSA) is 102 Å². The molecule has 0 bridgehead atoms. The Kier molecular flexibility index (Phi) is 12.7. The molecule has 10 heteroatoms. The zero-order valence-electron chi connectivity index (χ0n) is 36.9. The maximum Gasteiger partial charge on any atom is 0.338 e. The highest BCUT2D eigenvalue weighted by atomic mass is 35.5. The van der Waals surface area contributed by atoms with Crippen molar-refractivity contribution in [3.8, 4) is 22.3 Å². The lowest BCUT2D eigenvalue weighted by atomic mass is 10.0. The zero-order valence-corrected chi connectivity index (χ0v) is 38.5. The number of carbonyl (C=O) groups excluding carboxylic acids is 1. The Morgan fingerprint density at radius 1 is 0.569 bits per heavy atom. The van der Waals surface area contributed by atoms with E-state index < -0.39 is 5.97 Å². The number of aromatic carboxylic acids is 1. The second-order valence-electron chi connectivity index (χ2n) is 17.4. The quantitative estimate of drug-likeness (QED) is 0.118. The van der Waals surface area contributed by atoms with Gasteiger partial charge in [0.05, 0.1) is 28.3 Å². The van der Waals surface area contributed by atoms with Gasteiger partial charge >= 0.3 is 11.9 Å². The number of hydrogen-bond acceptors (Lipinski definition) is 5. The molecule has 10 rings (SSSR count). The number of carboxylic acid groups (broad SMARTS) is 1. The van der Waals surface area contributed by atoms with E-state index in [1.165, 1.54) is 44.2 Å². The molecule has 0 aliphatic carbocycles. The summed E-state index contributed by atoms with van der Waals surface area (Å²) < 4.78 is 4.91. The summed E-state index contributed by atoms with van der Waals surface area (Å²) in [6.45, 7) is 8.28. The van der Waals surface area contributed by atoms with E-state index in [2.05, 4.69) is 92.6 Å². The third kappa shape index (κ3) is 9.65. The minimum Gasteiger partial charge on any atom is -0.478 e. The van der Waals surface area contributed by atoms with Crippen molar-refractivity contribution in [2.75, 3.05) is 43.1 Å². The lowest BCUT2D eigenvalue weighted by Gasteiger charge is -2.18. The van der Waals surface area contributed by atoms with Crippen LogP contribution in [0.2, 0.25) is 10.0 Å². The highest BCUT2D eigenvalue weighted by molar-refractivity contribution is 6.34. The first-order valence-corrected chi connectivity index (χ1v) is 23.1. The van der Waals surface area contributed by atoms with Crippen molar-refractivity contribution in [3.05, 3.63) is 176 Å². The first-order valence-electron chi connectivity index (χ1n) is 22.3. The summed E-state index contributed by atoms with van der Waals surface area (Å²) in [4.78, 5) is 35.3. The molecule has 2 saturated heterocycles. The first-order chi connectivity index (χ1) is 31.5. The number of methoxy groups -OCH3 is 1. The molecule has 8 nitrogen and oxygen atoms in total. The molecule has 2 fully saturated rings. The van der Waals surface area contributed by atoms with Gasteiger partial charge in [-0.05, 0) is 146 Å². The lowest BCUT2D eigenvalue weighted by molar-refractivity contribution is 0.0598. The fraction of sp³-hybridized carbons (Fsp3) is 0.236. The Morgan fingerprint density at radius 3 is 1.40 bits per heavy atom. The normalized spacial score (nSPS) is 13.7. The number of anilines is 2. The number of benzene rings is 6. The number of halogens is 2. The smallest absolute Gasteiger partial charge is 0.338 e. The van der Waals surface area contributed by atoms with E-state index >= 15 is 0 Å². The van der Waals surface area contributed by atoms with Gasteiger partial charge in [0.25, 0.3) is 0 Å². The monoisotopic (exact) mass is 902 g/mol. The maximum atomic E-state index is 12.0. The number of aryl methyl sites for hydroxylation is 2. The predicted molar refractivity (Wildman–Crippen MR) is 267 cm³/mol. The summed E-state index contributed by atoms with van der Waals surface area (Å²) in [5, 5.41) is 13.0. The molecule has 4 heterocycles. The molecular formula is C55H52Cl2N4O4. The molecule has 0 spiro atoms. The maximum absolute atomic E-state index is 12.0. The Bertz CT molecular complexity index is 3030. The van der Waals surface area contributed by atoms with Gasteiger partial charge in [0, 0.05) is 94.7 Å². The van der Waals surface area contributed by atoms with Crippen molar-refractivity contribution >= 4 is 68.3 Å². The number of nitrogens with one attached hydrogen (secondary N) is 2. The van der Waals surface area contributed by atoms with E-state index in [0.29, 0.717) is 29.0 Å². The van der Waals surface area contributed by atoms with E-state index in [1.807, 2.05) is 56.3 Å². The fourth-order valence-electron chi connectivity index (χ4n) is 9.27. The van der Waals surface area contributed by atoms with Gasteiger partial charge in [-0.3, -0.25) is 0 Å². The minimum absolute atomic E-state index is 0.307. The molecule has 0 amide bonds. The Morgan fingerprint density at radius 2 is 0.985 bits per heavy atom. The van der Waals surface area contributed by atoms with Crippen LogP contribution in [0.1, 0.15) is 80.0 Å². The molecule has 2 aliphatic rings. The van der Waals surface area contributed by atoms with Crippen LogP contribution in [0.3, 0.4) is 0 Å². The zero-order chi connectivity index (χ0) is 45.2. The molecule has 2 aliphatic heterocycles. The van der Waals surface area contributed by atoms with Crippen molar-refractivity contribution in [1.29, 1.82) is 0 Å². The average Bonchev–Trinajstić information content (AvgIpc) is 4.16. The van der Waals surface area contributed by atoms with E-state index in [4.69, 9.17) is 27.9 Å². The van der Waals surface area contributed by atoms with Crippen molar-refractivity contribution in [1.82, 2.24) is 9.97 Å². The second-order valence-corrected chi connectivity index (χ2v) is 18.2. The third-order valence-corrected chi connectivity index (χ3v) is 13.5. The van der Waals surface area contributed by atoms with Crippen molar-refractivity contribution in [2.45, 2.75) is 52.4 Å². The van der Waals surface area contributed by atoms with Crippen LogP contribution in [0.5, 0.6) is 0 Å². The SMILES string of the molecule is COC(=O)c1cc(Cc2cc3cc(-c4ccc(N5CCCC5)cc4)c(Cl)cc3[nH]2)ccc1C.Cc1ccc(Cc2cc3cc(-c4ccc(N5CCCC5)cc4)c(Cl)cc3[nH]2)cc1C(=O)O. The van der Waals surface area contributed by atoms with Crippen molar-refractivity contribution in [2.24, 2.45) is 0 Å². The summed E-state index contributed by atoms with van der Waals surface area (Å²) >= 11 is 13.3. The largest absolute Gasteiger partial charge is 0.478 e. The Labute approximate surface area is 389 Å². The van der Waals surface area contributed by atoms with Gasteiger partial charge in [-0.25, -0.2) is 9.59 Å². The van der Waals surface area contributed by atoms with Crippen LogP contribution in [-0.2, 0) is 17.6 Å². The Hall–Kier alpha value is -6.48. The van der Waals surface area contributed by atoms with Gasteiger partial charge in [-0.1, -0.05) is 71.7 Å². The number of esters is 1. The number of aromatic amines is 2. The molecule has 65 heavy (non-hydrogen) atoms. The van der Waals surface area contributed by atoms with Gasteiger partial charge < -0.3 is 29.6 Å². The van der Waals surface area contributed by atoms with Gasteiger partial charge in [0.1, 0.15) is 0 Å². The van der Waals surface area contributed by atoms with Crippen LogP contribution < -0.4 is 9.80 Å². The summed E-state index contributed by atoms with van der Waals surface area (Å²) in [5.74, 6) is -1.20. The summed E-state index contributed by atoms with van der Waals surface area (Å²) in [6.07, 6.45) is 6.39. The highest BCUT2D eigenvalue weighted by Crippen LogP contribution is 2.36. The number of hydrogen-bond donors (Lipinski definition) is 3. The predicted octanol–water partition coefficient (Wildman–Crippen LogP) is 13.5. The number of aromatic nitrogens is 2. The number of nitrogens with zero attached hydrogens (tertiary/aromatic N) is 2. The van der Waals surface area contributed by atoms with Gasteiger partial charge in [-0.2, -0.15) is 0 Å². The molecule has 330 valence electrons. The van der Waals surface area contributed by atoms with Crippen LogP contribution in [-0.4, -0.2) is 60.3 Å². The molecular weight excluding hydrogens is 852 g/mol. The van der Waals surface area contributed by atoms with E-state index in [1.54, 1.807) is 6.07 Å². The Balaban J connectivity index is 0.000000164. The van der Waals surface area contributed by atoms with E-state index in [0.717, 1.165) is 109 Å². The van der Waals surface area contributed by atoms with Crippen molar-refractivity contribution in [3.63, 3.8) is 0 Å².